The maximum Gasteiger partial charge on any atom is 0.240 e. The van der Waals surface area contributed by atoms with E-state index >= 15 is 0 Å². The maximum atomic E-state index is 12.5. The summed E-state index contributed by atoms with van der Waals surface area (Å²) in [7, 11) is -3.60. The van der Waals surface area contributed by atoms with Crippen molar-refractivity contribution < 1.29 is 17.7 Å². The van der Waals surface area contributed by atoms with Crippen LogP contribution < -0.4 is 4.72 Å². The van der Waals surface area contributed by atoms with Gasteiger partial charge in [-0.2, -0.15) is 5.26 Å². The quantitative estimate of drug-likeness (QED) is 0.517. The van der Waals surface area contributed by atoms with E-state index in [1.807, 2.05) is 30.3 Å². The molecule has 2 aromatic carbocycles. The van der Waals surface area contributed by atoms with Crippen molar-refractivity contribution >= 4 is 20.9 Å². The predicted molar refractivity (Wildman–Crippen MR) is 126 cm³/mol. The van der Waals surface area contributed by atoms with Crippen molar-refractivity contribution in [2.75, 3.05) is 45.8 Å². The van der Waals surface area contributed by atoms with Crippen molar-refractivity contribution in [2.24, 2.45) is 0 Å². The molecule has 10 heteroatoms. The van der Waals surface area contributed by atoms with Crippen LogP contribution in [0.4, 0.5) is 0 Å². The average molecular weight is 482 g/mol. The topological polar surface area (TPSA) is 112 Å². The Morgan fingerprint density at radius 2 is 1.68 bits per heavy atom. The van der Waals surface area contributed by atoms with Crippen LogP contribution >= 0.6 is 0 Å². The summed E-state index contributed by atoms with van der Waals surface area (Å²) in [4.78, 5) is 4.85. The van der Waals surface area contributed by atoms with Crippen molar-refractivity contribution in [3.63, 3.8) is 0 Å². The first-order valence-electron chi connectivity index (χ1n) is 11.4. The van der Waals surface area contributed by atoms with E-state index in [0.717, 1.165) is 55.8 Å². The Morgan fingerprint density at radius 1 is 1.00 bits per heavy atom. The molecule has 178 valence electrons. The molecule has 0 aliphatic carbocycles. The average Bonchev–Trinajstić information content (AvgIpc) is 3.25. The Labute approximate surface area is 198 Å². The van der Waals surface area contributed by atoms with Crippen LogP contribution in [0.2, 0.25) is 0 Å². The molecule has 3 aromatic rings. The van der Waals surface area contributed by atoms with Crippen LogP contribution in [0.25, 0.3) is 10.9 Å². The Morgan fingerprint density at radius 3 is 2.38 bits per heavy atom. The molecule has 0 amide bonds. The summed E-state index contributed by atoms with van der Waals surface area (Å²) in [6.45, 7) is 5.07. The van der Waals surface area contributed by atoms with Gasteiger partial charge in [-0.1, -0.05) is 17.3 Å². The minimum absolute atomic E-state index is 0.106. The number of fused-ring (bicyclic) bond motifs is 3. The zero-order chi connectivity index (χ0) is 23.5. The third-order valence-electron chi connectivity index (χ3n) is 6.36. The lowest BCUT2D eigenvalue weighted by atomic mass is 10.1. The number of rotatable bonds is 8. The first kappa shape index (κ1) is 23.0. The summed E-state index contributed by atoms with van der Waals surface area (Å²) >= 11 is 0. The Balaban J connectivity index is 1.09. The summed E-state index contributed by atoms with van der Waals surface area (Å²) in [5, 5.41) is 14.1. The standard InChI is InChI=1S/C24H27N5O4S/c25-13-18-5-7-21(8-6-18)34(30,31)26-10-12-29-16-19-14-28(15-20(17-29)32-19)11-9-24-22-3-1-2-4-23(22)27-33-24/h1-8,19-20,26H,9-12,14-17H2. The first-order valence-corrected chi connectivity index (χ1v) is 12.9. The second-order valence-electron chi connectivity index (χ2n) is 8.81. The normalized spacial score (nSPS) is 21.5. The molecule has 2 unspecified atom stereocenters. The van der Waals surface area contributed by atoms with E-state index in [1.165, 1.54) is 24.3 Å². The third-order valence-corrected chi connectivity index (χ3v) is 7.84. The molecule has 34 heavy (non-hydrogen) atoms. The summed E-state index contributed by atoms with van der Waals surface area (Å²) in [6.07, 6.45) is 1.02. The van der Waals surface area contributed by atoms with Gasteiger partial charge < -0.3 is 9.26 Å². The van der Waals surface area contributed by atoms with Crippen molar-refractivity contribution in [1.82, 2.24) is 19.7 Å². The fourth-order valence-electron chi connectivity index (χ4n) is 4.74. The molecule has 2 saturated heterocycles. The van der Waals surface area contributed by atoms with Gasteiger partial charge in [0.25, 0.3) is 0 Å². The zero-order valence-corrected chi connectivity index (χ0v) is 19.6. The van der Waals surface area contributed by atoms with Gasteiger partial charge in [-0.15, -0.1) is 0 Å². The molecule has 0 radical (unpaired) electrons. The fourth-order valence-corrected chi connectivity index (χ4v) is 5.76. The number of hydrogen-bond donors (Lipinski definition) is 1. The van der Waals surface area contributed by atoms with E-state index in [1.54, 1.807) is 0 Å². The lowest BCUT2D eigenvalue weighted by Gasteiger charge is -2.45. The predicted octanol–water partition coefficient (Wildman–Crippen LogP) is 1.61. The van der Waals surface area contributed by atoms with Crippen LogP contribution in [0.1, 0.15) is 11.3 Å². The number of nitrogens with zero attached hydrogens (tertiary/aromatic N) is 4. The molecule has 2 atom stereocenters. The van der Waals surface area contributed by atoms with E-state index in [2.05, 4.69) is 19.7 Å². The largest absolute Gasteiger partial charge is 0.370 e. The Hall–Kier alpha value is -2.81. The van der Waals surface area contributed by atoms with Crippen LogP contribution in [0.3, 0.4) is 0 Å². The van der Waals surface area contributed by atoms with E-state index in [4.69, 9.17) is 14.5 Å². The van der Waals surface area contributed by atoms with Crippen molar-refractivity contribution in [1.29, 1.82) is 5.26 Å². The van der Waals surface area contributed by atoms with Gasteiger partial charge in [0.2, 0.25) is 10.0 Å². The third kappa shape index (κ3) is 5.14. The highest BCUT2D eigenvalue weighted by molar-refractivity contribution is 7.89. The van der Waals surface area contributed by atoms with Crippen LogP contribution in [0.5, 0.6) is 0 Å². The molecule has 1 aromatic heterocycles. The minimum Gasteiger partial charge on any atom is -0.370 e. The Bertz CT molecular complexity index is 1270. The minimum atomic E-state index is -3.60. The van der Waals surface area contributed by atoms with E-state index in [9.17, 15) is 8.42 Å². The lowest BCUT2D eigenvalue weighted by molar-refractivity contribution is -0.137. The summed E-state index contributed by atoms with van der Waals surface area (Å²) in [6, 6.07) is 15.9. The number of nitrogens with one attached hydrogen (secondary N) is 1. The highest BCUT2D eigenvalue weighted by Crippen LogP contribution is 2.22. The first-order chi connectivity index (χ1) is 16.5. The second kappa shape index (κ2) is 9.82. The Kier molecular flexibility index (Phi) is 6.63. The van der Waals surface area contributed by atoms with Gasteiger partial charge >= 0.3 is 0 Å². The summed E-state index contributed by atoms with van der Waals surface area (Å²) in [5.74, 6) is 0.920. The molecule has 0 spiro atoms. The number of ether oxygens (including phenoxy) is 1. The monoisotopic (exact) mass is 481 g/mol. The molecule has 3 heterocycles. The van der Waals surface area contributed by atoms with Crippen molar-refractivity contribution in [3.05, 3.63) is 59.9 Å². The SMILES string of the molecule is N#Cc1ccc(S(=O)(=O)NCCN2CC3CN(CCc4onc5ccccc45)CC(C2)O3)cc1. The zero-order valence-electron chi connectivity index (χ0n) is 18.8. The molecule has 2 fully saturated rings. The number of aromatic nitrogens is 1. The second-order valence-corrected chi connectivity index (χ2v) is 10.6. The van der Waals surface area contributed by atoms with E-state index < -0.39 is 10.0 Å². The van der Waals surface area contributed by atoms with Crippen LogP contribution in [-0.4, -0.2) is 81.4 Å². The molecule has 5 rings (SSSR count). The van der Waals surface area contributed by atoms with Gasteiger partial charge in [0.05, 0.1) is 28.7 Å². The summed E-state index contributed by atoms with van der Waals surface area (Å²) < 4.78 is 39.4. The number of nitriles is 1. The van der Waals surface area contributed by atoms with E-state index in [-0.39, 0.29) is 17.1 Å². The number of sulfonamides is 1. The fraction of sp³-hybridized carbons (Fsp3) is 0.417. The van der Waals surface area contributed by atoms with Crippen LogP contribution in [0.15, 0.2) is 57.9 Å². The van der Waals surface area contributed by atoms with Crippen LogP contribution in [0, 0.1) is 11.3 Å². The number of hydrogen-bond acceptors (Lipinski definition) is 8. The smallest absolute Gasteiger partial charge is 0.240 e. The molecule has 0 saturated carbocycles. The van der Waals surface area contributed by atoms with Gasteiger partial charge in [-0.3, -0.25) is 9.80 Å². The molecular formula is C24H27N5O4S. The lowest BCUT2D eigenvalue weighted by Crippen LogP contribution is -2.60. The van der Waals surface area contributed by atoms with Gasteiger partial charge in [0.15, 0.2) is 0 Å². The van der Waals surface area contributed by atoms with Gasteiger partial charge in [0.1, 0.15) is 11.3 Å². The number of benzene rings is 2. The van der Waals surface area contributed by atoms with E-state index in [0.29, 0.717) is 18.7 Å². The molecular weight excluding hydrogens is 454 g/mol. The number of morpholine rings is 2. The maximum absolute atomic E-state index is 12.5. The highest BCUT2D eigenvalue weighted by atomic mass is 32.2. The van der Waals surface area contributed by atoms with Crippen molar-refractivity contribution in [3.8, 4) is 6.07 Å². The highest BCUT2D eigenvalue weighted by Gasteiger charge is 2.34. The molecule has 2 aliphatic rings. The molecule has 1 N–H and O–H groups in total. The van der Waals surface area contributed by atoms with Gasteiger partial charge in [-0.05, 0) is 36.4 Å². The summed E-state index contributed by atoms with van der Waals surface area (Å²) in [5.41, 5.74) is 1.32. The van der Waals surface area contributed by atoms with Crippen LogP contribution in [-0.2, 0) is 21.2 Å². The molecule has 2 bridgehead atoms. The molecule has 2 aliphatic heterocycles. The van der Waals surface area contributed by atoms with Gasteiger partial charge in [0, 0.05) is 57.6 Å². The van der Waals surface area contributed by atoms with Crippen molar-refractivity contribution in [2.45, 2.75) is 23.5 Å². The van der Waals surface area contributed by atoms with Gasteiger partial charge in [-0.25, -0.2) is 13.1 Å². The molecule has 9 nitrogen and oxygen atoms in total.